The molecule has 0 unspecified atom stereocenters. The van der Waals surface area contributed by atoms with Crippen LogP contribution in [0, 0.1) is 0 Å². The van der Waals surface area contributed by atoms with Crippen molar-refractivity contribution in [3.8, 4) is 0 Å². The van der Waals surface area contributed by atoms with E-state index in [1.54, 1.807) is 13.4 Å². The van der Waals surface area contributed by atoms with Gasteiger partial charge in [0.2, 0.25) is 0 Å². The molecular formula is C20H34IN7. The van der Waals surface area contributed by atoms with Crippen molar-refractivity contribution in [3.05, 3.63) is 47.5 Å². The second-order valence-corrected chi connectivity index (χ2v) is 6.43. The molecule has 0 spiro atoms. The van der Waals surface area contributed by atoms with Gasteiger partial charge in [-0.15, -0.1) is 34.2 Å². The third-order valence-corrected chi connectivity index (χ3v) is 4.63. The van der Waals surface area contributed by atoms with Gasteiger partial charge in [-0.3, -0.25) is 9.89 Å². The molecular weight excluding hydrogens is 465 g/mol. The Morgan fingerprint density at radius 2 is 1.89 bits per heavy atom. The number of benzene rings is 1. The van der Waals surface area contributed by atoms with Gasteiger partial charge in [0.25, 0.3) is 0 Å². The largest absolute Gasteiger partial charge is 0.355 e. The van der Waals surface area contributed by atoms with Crippen LogP contribution in [-0.4, -0.2) is 52.3 Å². The van der Waals surface area contributed by atoms with E-state index in [1.807, 2.05) is 0 Å². The van der Waals surface area contributed by atoms with Crippen LogP contribution in [0.25, 0.3) is 0 Å². The molecule has 1 aromatic carbocycles. The second kappa shape index (κ2) is 13.5. The molecule has 0 saturated carbocycles. The number of aryl methyl sites for hydroxylation is 1. The van der Waals surface area contributed by atoms with Gasteiger partial charge in [-0.05, 0) is 24.2 Å². The fourth-order valence-corrected chi connectivity index (χ4v) is 2.98. The Balaban J connectivity index is 0.00000392. The predicted molar refractivity (Wildman–Crippen MR) is 126 cm³/mol. The fraction of sp³-hybridized carbons (Fsp3) is 0.550. The van der Waals surface area contributed by atoms with Crippen molar-refractivity contribution in [2.75, 3.05) is 26.7 Å². The Morgan fingerprint density at radius 3 is 2.57 bits per heavy atom. The maximum atomic E-state index is 4.31. The molecule has 156 valence electrons. The maximum Gasteiger partial charge on any atom is 0.191 e. The number of nitrogens with zero attached hydrogens (tertiary/aromatic N) is 5. The van der Waals surface area contributed by atoms with Gasteiger partial charge in [0.1, 0.15) is 12.2 Å². The molecule has 1 aromatic heterocycles. The van der Waals surface area contributed by atoms with Gasteiger partial charge in [-0.25, -0.2) is 0 Å². The number of nitrogens with one attached hydrogen (secondary N) is 2. The molecule has 0 aliphatic rings. The molecule has 0 aliphatic heterocycles. The fourth-order valence-electron chi connectivity index (χ4n) is 2.98. The average Bonchev–Trinajstić information content (AvgIpc) is 3.16. The van der Waals surface area contributed by atoms with Crippen LogP contribution in [0.2, 0.25) is 0 Å². The number of hydrogen-bond acceptors (Lipinski definition) is 4. The molecule has 2 N–H and O–H groups in total. The molecule has 28 heavy (non-hydrogen) atoms. The Kier molecular flexibility index (Phi) is 11.7. The summed E-state index contributed by atoms with van der Waals surface area (Å²) >= 11 is 0. The van der Waals surface area contributed by atoms with Crippen molar-refractivity contribution in [2.24, 2.45) is 4.99 Å². The van der Waals surface area contributed by atoms with Crippen molar-refractivity contribution in [3.63, 3.8) is 0 Å². The zero-order valence-corrected chi connectivity index (χ0v) is 19.8. The van der Waals surface area contributed by atoms with Crippen LogP contribution in [0.3, 0.4) is 0 Å². The SMILES string of the molecule is CCc1nncn1CCNC(=NC)NCc1cccc(CN(CC)CC)c1.I. The Bertz CT molecular complexity index is 710. The van der Waals surface area contributed by atoms with Crippen LogP contribution in [0.4, 0.5) is 0 Å². The van der Waals surface area contributed by atoms with E-state index in [2.05, 4.69) is 80.3 Å². The third-order valence-electron chi connectivity index (χ3n) is 4.63. The topological polar surface area (TPSA) is 70.4 Å². The van der Waals surface area contributed by atoms with Crippen LogP contribution in [0.5, 0.6) is 0 Å². The highest BCUT2D eigenvalue weighted by Gasteiger charge is 2.04. The van der Waals surface area contributed by atoms with Gasteiger partial charge in [-0.2, -0.15) is 0 Å². The summed E-state index contributed by atoms with van der Waals surface area (Å²) in [6, 6.07) is 8.74. The lowest BCUT2D eigenvalue weighted by atomic mass is 10.1. The standard InChI is InChI=1S/C20H33N7.HI/c1-5-19-25-24-16-27(19)12-11-22-20(21-4)23-14-17-9-8-10-18(13-17)15-26(6-2)7-3;/h8-10,13,16H,5-7,11-12,14-15H2,1-4H3,(H2,21,22,23);1H. The molecule has 1 heterocycles. The molecule has 0 atom stereocenters. The van der Waals surface area contributed by atoms with Crippen LogP contribution >= 0.6 is 24.0 Å². The summed E-state index contributed by atoms with van der Waals surface area (Å²) < 4.78 is 2.07. The van der Waals surface area contributed by atoms with E-state index in [0.29, 0.717) is 0 Å². The number of rotatable bonds is 10. The van der Waals surface area contributed by atoms with E-state index in [0.717, 1.165) is 57.5 Å². The number of halogens is 1. The zero-order chi connectivity index (χ0) is 19.5. The van der Waals surface area contributed by atoms with Crippen LogP contribution < -0.4 is 10.6 Å². The summed E-state index contributed by atoms with van der Waals surface area (Å²) in [6.07, 6.45) is 2.66. The average molecular weight is 499 g/mol. The Labute approximate surface area is 186 Å². The van der Waals surface area contributed by atoms with Crippen molar-refractivity contribution in [1.82, 2.24) is 30.3 Å². The van der Waals surface area contributed by atoms with E-state index in [-0.39, 0.29) is 24.0 Å². The van der Waals surface area contributed by atoms with Crippen LogP contribution in [0.1, 0.15) is 37.7 Å². The van der Waals surface area contributed by atoms with Crippen molar-refractivity contribution >= 4 is 29.9 Å². The monoisotopic (exact) mass is 499 g/mol. The van der Waals surface area contributed by atoms with Gasteiger partial charge >= 0.3 is 0 Å². The summed E-state index contributed by atoms with van der Waals surface area (Å²) in [6.45, 7) is 12.0. The highest BCUT2D eigenvalue weighted by Crippen LogP contribution is 2.08. The molecule has 2 rings (SSSR count). The predicted octanol–water partition coefficient (Wildman–Crippen LogP) is 2.67. The first-order chi connectivity index (χ1) is 13.2. The lowest BCUT2D eigenvalue weighted by Crippen LogP contribution is -2.38. The highest BCUT2D eigenvalue weighted by atomic mass is 127. The molecule has 0 aliphatic carbocycles. The lowest BCUT2D eigenvalue weighted by molar-refractivity contribution is 0.296. The first kappa shape index (κ1) is 24.4. The Morgan fingerprint density at radius 1 is 1.14 bits per heavy atom. The summed E-state index contributed by atoms with van der Waals surface area (Å²) in [5.74, 6) is 1.81. The first-order valence-corrected chi connectivity index (χ1v) is 9.81. The highest BCUT2D eigenvalue weighted by molar-refractivity contribution is 14.0. The minimum Gasteiger partial charge on any atom is -0.355 e. The second-order valence-electron chi connectivity index (χ2n) is 6.43. The molecule has 0 amide bonds. The van der Waals surface area contributed by atoms with E-state index < -0.39 is 0 Å². The summed E-state index contributed by atoms with van der Waals surface area (Å²) in [7, 11) is 1.79. The van der Waals surface area contributed by atoms with E-state index in [4.69, 9.17) is 0 Å². The number of aromatic nitrogens is 3. The maximum absolute atomic E-state index is 4.31. The van der Waals surface area contributed by atoms with E-state index >= 15 is 0 Å². The molecule has 7 nitrogen and oxygen atoms in total. The van der Waals surface area contributed by atoms with Gasteiger partial charge in [-0.1, -0.05) is 45.0 Å². The minimum atomic E-state index is 0. The van der Waals surface area contributed by atoms with Gasteiger partial charge in [0.05, 0.1) is 0 Å². The number of guanidine groups is 1. The van der Waals surface area contributed by atoms with Crippen molar-refractivity contribution in [1.29, 1.82) is 0 Å². The molecule has 8 heteroatoms. The van der Waals surface area contributed by atoms with Crippen LogP contribution in [0.15, 0.2) is 35.6 Å². The normalized spacial score (nSPS) is 11.4. The Hall–Kier alpha value is -1.68. The van der Waals surface area contributed by atoms with Gasteiger partial charge in [0.15, 0.2) is 5.96 Å². The molecule has 0 radical (unpaired) electrons. The molecule has 2 aromatic rings. The molecule has 0 bridgehead atoms. The minimum absolute atomic E-state index is 0. The van der Waals surface area contributed by atoms with Gasteiger partial charge < -0.3 is 15.2 Å². The number of hydrogen-bond donors (Lipinski definition) is 2. The quantitative estimate of drug-likeness (QED) is 0.299. The lowest BCUT2D eigenvalue weighted by Gasteiger charge is -2.18. The molecule has 0 saturated heterocycles. The molecule has 0 fully saturated rings. The summed E-state index contributed by atoms with van der Waals surface area (Å²) in [5, 5.41) is 14.8. The third kappa shape index (κ3) is 7.75. The smallest absolute Gasteiger partial charge is 0.191 e. The van der Waals surface area contributed by atoms with Gasteiger partial charge in [0, 0.05) is 39.6 Å². The summed E-state index contributed by atoms with van der Waals surface area (Å²) in [5.41, 5.74) is 2.61. The summed E-state index contributed by atoms with van der Waals surface area (Å²) in [4.78, 5) is 6.73. The zero-order valence-electron chi connectivity index (χ0n) is 17.5. The van der Waals surface area contributed by atoms with Crippen molar-refractivity contribution < 1.29 is 0 Å². The van der Waals surface area contributed by atoms with E-state index in [9.17, 15) is 0 Å². The number of aliphatic imine (C=N–C) groups is 1. The van der Waals surface area contributed by atoms with E-state index in [1.165, 1.54) is 11.1 Å². The first-order valence-electron chi connectivity index (χ1n) is 9.81. The van der Waals surface area contributed by atoms with Crippen LogP contribution in [-0.2, 0) is 26.1 Å². The van der Waals surface area contributed by atoms with Crippen molar-refractivity contribution in [2.45, 2.75) is 46.8 Å².